The highest BCUT2D eigenvalue weighted by Crippen LogP contribution is 2.52. The number of hydrogen-bond donors (Lipinski definition) is 0. The topological polar surface area (TPSA) is 16.4 Å². The molecule has 2 heteroatoms. The lowest BCUT2D eigenvalue weighted by molar-refractivity contribution is 0.662. The summed E-state index contributed by atoms with van der Waals surface area (Å²) in [6.45, 7) is 4.73. The summed E-state index contributed by atoms with van der Waals surface area (Å²) in [7, 11) is 0. The minimum Gasteiger partial charge on any atom is -0.456 e. The van der Waals surface area contributed by atoms with Gasteiger partial charge in [-0.3, -0.25) is 0 Å². The Hall–Kier alpha value is -7.94. The second-order valence-electron chi connectivity index (χ2n) is 17.2. The Morgan fingerprint density at radius 1 is 0.365 bits per heavy atom. The fourth-order valence-electron chi connectivity index (χ4n) is 10.3. The van der Waals surface area contributed by atoms with Gasteiger partial charge in [0.15, 0.2) is 0 Å². The summed E-state index contributed by atoms with van der Waals surface area (Å²) in [6, 6.07) is 81.7. The second-order valence-corrected chi connectivity index (χ2v) is 17.2. The molecule has 1 heterocycles. The van der Waals surface area contributed by atoms with Crippen molar-refractivity contribution in [2.75, 3.05) is 4.90 Å². The number of rotatable bonds is 7. The lowest BCUT2D eigenvalue weighted by Crippen LogP contribution is -2.16. The smallest absolute Gasteiger partial charge is 0.136 e. The predicted molar refractivity (Wildman–Crippen MR) is 265 cm³/mol. The molecule has 63 heavy (non-hydrogen) atoms. The summed E-state index contributed by atoms with van der Waals surface area (Å²) >= 11 is 0. The van der Waals surface area contributed by atoms with Gasteiger partial charge in [0.25, 0.3) is 0 Å². The highest BCUT2D eigenvalue weighted by Gasteiger charge is 2.37. The van der Waals surface area contributed by atoms with E-state index in [0.717, 1.165) is 61.3 Å². The van der Waals surface area contributed by atoms with Crippen molar-refractivity contribution in [3.05, 3.63) is 236 Å². The van der Waals surface area contributed by atoms with Gasteiger partial charge in [-0.2, -0.15) is 0 Å². The normalized spacial score (nSPS) is 12.7. The van der Waals surface area contributed by atoms with Gasteiger partial charge in [0.2, 0.25) is 0 Å². The summed E-state index contributed by atoms with van der Waals surface area (Å²) in [4.78, 5) is 2.44. The SMILES string of the molecule is CC1(C)c2ccccc2-c2cccc(-c3ccc(N(c4ccc(-c5cccc6oc7ccccc7c56)cc4)c4cc(-c5cccc6ccccc56)ccc4-c4ccccc4)cc3)c21. The summed E-state index contributed by atoms with van der Waals surface area (Å²) in [5, 5.41) is 4.73. The Labute approximate surface area is 368 Å². The molecule has 0 amide bonds. The van der Waals surface area contributed by atoms with Crippen molar-refractivity contribution in [3.8, 4) is 55.6 Å². The fourth-order valence-corrected chi connectivity index (χ4v) is 10.3. The van der Waals surface area contributed by atoms with Crippen LogP contribution in [0.1, 0.15) is 25.0 Å². The zero-order valence-electron chi connectivity index (χ0n) is 35.2. The zero-order valence-corrected chi connectivity index (χ0v) is 35.2. The van der Waals surface area contributed by atoms with Crippen LogP contribution in [0.3, 0.4) is 0 Å². The first-order valence-corrected chi connectivity index (χ1v) is 21.8. The van der Waals surface area contributed by atoms with Gasteiger partial charge in [-0.15, -0.1) is 0 Å². The molecule has 1 aromatic heterocycles. The van der Waals surface area contributed by atoms with E-state index in [4.69, 9.17) is 4.42 Å². The first-order chi connectivity index (χ1) is 31.0. The number of para-hydroxylation sites is 1. The maximum Gasteiger partial charge on any atom is 0.136 e. The fraction of sp³-hybridized carbons (Fsp3) is 0.0492. The lowest BCUT2D eigenvalue weighted by Gasteiger charge is -2.29. The van der Waals surface area contributed by atoms with E-state index >= 15 is 0 Å². The molecule has 0 bridgehead atoms. The van der Waals surface area contributed by atoms with Gasteiger partial charge < -0.3 is 9.32 Å². The molecular formula is C61H43NO. The summed E-state index contributed by atoms with van der Waals surface area (Å²) < 4.78 is 6.31. The molecular weight excluding hydrogens is 763 g/mol. The molecule has 0 radical (unpaired) electrons. The van der Waals surface area contributed by atoms with Crippen molar-refractivity contribution in [2.45, 2.75) is 19.3 Å². The average molecular weight is 806 g/mol. The number of furan rings is 1. The van der Waals surface area contributed by atoms with Crippen LogP contribution in [0.2, 0.25) is 0 Å². The van der Waals surface area contributed by atoms with E-state index in [1.165, 1.54) is 55.3 Å². The number of anilines is 3. The molecule has 10 aromatic carbocycles. The third-order valence-electron chi connectivity index (χ3n) is 13.3. The summed E-state index contributed by atoms with van der Waals surface area (Å²) in [5.74, 6) is 0. The van der Waals surface area contributed by atoms with Gasteiger partial charge in [0.1, 0.15) is 11.2 Å². The van der Waals surface area contributed by atoms with Crippen molar-refractivity contribution >= 4 is 49.8 Å². The quantitative estimate of drug-likeness (QED) is 0.160. The molecule has 0 atom stereocenters. The molecule has 1 aliphatic rings. The van der Waals surface area contributed by atoms with Gasteiger partial charge in [-0.1, -0.05) is 196 Å². The Morgan fingerprint density at radius 2 is 0.905 bits per heavy atom. The van der Waals surface area contributed by atoms with E-state index in [0.29, 0.717) is 0 Å². The van der Waals surface area contributed by atoms with Gasteiger partial charge in [0.05, 0.1) is 5.69 Å². The van der Waals surface area contributed by atoms with Crippen molar-refractivity contribution in [1.29, 1.82) is 0 Å². The molecule has 0 unspecified atom stereocenters. The van der Waals surface area contributed by atoms with Gasteiger partial charge in [-0.05, 0) is 114 Å². The van der Waals surface area contributed by atoms with E-state index in [-0.39, 0.29) is 5.41 Å². The molecule has 1 aliphatic carbocycles. The molecule has 0 saturated heterocycles. The van der Waals surface area contributed by atoms with Crippen LogP contribution in [0.25, 0.3) is 88.3 Å². The third kappa shape index (κ3) is 6.02. The number of nitrogens with zero attached hydrogens (tertiary/aromatic N) is 1. The first kappa shape index (κ1) is 36.9. The lowest BCUT2D eigenvalue weighted by atomic mass is 9.79. The van der Waals surface area contributed by atoms with Crippen molar-refractivity contribution < 1.29 is 4.42 Å². The van der Waals surface area contributed by atoms with Crippen LogP contribution in [0, 0.1) is 0 Å². The minimum atomic E-state index is -0.116. The first-order valence-electron chi connectivity index (χ1n) is 21.8. The summed E-state index contributed by atoms with van der Waals surface area (Å²) in [6.07, 6.45) is 0. The van der Waals surface area contributed by atoms with Gasteiger partial charge >= 0.3 is 0 Å². The molecule has 11 aromatic rings. The van der Waals surface area contributed by atoms with Crippen LogP contribution in [-0.4, -0.2) is 0 Å². The third-order valence-corrected chi connectivity index (χ3v) is 13.3. The molecule has 0 spiro atoms. The van der Waals surface area contributed by atoms with Crippen LogP contribution in [0.5, 0.6) is 0 Å². The van der Waals surface area contributed by atoms with Crippen molar-refractivity contribution in [2.24, 2.45) is 0 Å². The minimum absolute atomic E-state index is 0.116. The van der Waals surface area contributed by atoms with Gasteiger partial charge in [0, 0.05) is 33.1 Å². The molecule has 0 aliphatic heterocycles. The number of fused-ring (bicyclic) bond motifs is 7. The monoisotopic (exact) mass is 805 g/mol. The Kier molecular flexibility index (Phi) is 8.55. The van der Waals surface area contributed by atoms with Crippen LogP contribution in [0.4, 0.5) is 17.1 Å². The van der Waals surface area contributed by atoms with Crippen LogP contribution in [0.15, 0.2) is 229 Å². The van der Waals surface area contributed by atoms with Crippen molar-refractivity contribution in [3.63, 3.8) is 0 Å². The highest BCUT2D eigenvalue weighted by atomic mass is 16.3. The molecule has 2 nitrogen and oxygen atoms in total. The van der Waals surface area contributed by atoms with E-state index in [9.17, 15) is 0 Å². The molecule has 0 fully saturated rings. The summed E-state index contributed by atoms with van der Waals surface area (Å²) in [5.41, 5.74) is 19.9. The van der Waals surface area contributed by atoms with Crippen LogP contribution >= 0.6 is 0 Å². The van der Waals surface area contributed by atoms with Crippen LogP contribution in [-0.2, 0) is 5.41 Å². The number of benzene rings is 10. The maximum atomic E-state index is 6.31. The van der Waals surface area contributed by atoms with Crippen molar-refractivity contribution in [1.82, 2.24) is 0 Å². The Bertz CT molecular complexity index is 3520. The largest absolute Gasteiger partial charge is 0.456 e. The van der Waals surface area contributed by atoms with E-state index < -0.39 is 0 Å². The second kappa shape index (κ2) is 14.6. The van der Waals surface area contributed by atoms with Gasteiger partial charge in [-0.25, -0.2) is 0 Å². The standard InChI is InChI=1S/C61H43NO/c1-61(2)55-26-10-8-20-52(55)53-25-13-24-51(60(53)61)43-31-36-46(37-32-43)62(45-34-29-42(30-35-45)50-23-14-28-58-59(50)54-21-9-11-27-57(54)63-58)56-39-44(33-38-49(56)41-15-4-3-5-16-41)48-22-12-18-40-17-6-7-19-47(40)48/h3-39H,1-2H3. The van der Waals surface area contributed by atoms with Crippen LogP contribution < -0.4 is 4.90 Å². The average Bonchev–Trinajstić information content (AvgIpc) is 3.84. The highest BCUT2D eigenvalue weighted by molar-refractivity contribution is 6.12. The Balaban J connectivity index is 1.04. The number of hydrogen-bond acceptors (Lipinski definition) is 2. The zero-order chi connectivity index (χ0) is 42.1. The van der Waals surface area contributed by atoms with E-state index in [1.54, 1.807) is 0 Å². The van der Waals surface area contributed by atoms with E-state index in [1.807, 2.05) is 12.1 Å². The molecule has 0 N–H and O–H groups in total. The Morgan fingerprint density at radius 3 is 1.71 bits per heavy atom. The molecule has 0 saturated carbocycles. The van der Waals surface area contributed by atoms with E-state index in [2.05, 4.69) is 231 Å². The molecule has 12 rings (SSSR count). The predicted octanol–water partition coefficient (Wildman–Crippen LogP) is 17.2. The molecule has 298 valence electrons. The maximum absolute atomic E-state index is 6.31.